The smallest absolute Gasteiger partial charge is 0.230 e. The molecule has 15 heavy (non-hydrogen) atoms. The fourth-order valence-corrected chi connectivity index (χ4v) is 1.51. The Kier molecular flexibility index (Phi) is 5.71. The molecule has 1 amide bonds. The summed E-state index contributed by atoms with van der Waals surface area (Å²) in [5, 5.41) is 15.8. The third-order valence-electron chi connectivity index (χ3n) is 1.50. The lowest BCUT2D eigenvalue weighted by atomic mass is 10.6. The number of rotatable bonds is 7. The number of hydrogen-bond donors (Lipinski definition) is 2. The zero-order valence-electron chi connectivity index (χ0n) is 8.39. The molecule has 0 spiro atoms. The van der Waals surface area contributed by atoms with Gasteiger partial charge in [0.15, 0.2) is 5.82 Å². The number of nitrogens with zero attached hydrogens (tertiary/aromatic N) is 3. The average Bonchev–Trinajstić information content (AvgIpc) is 2.74. The first-order valence-corrected chi connectivity index (χ1v) is 5.54. The van der Waals surface area contributed by atoms with Gasteiger partial charge in [-0.15, -0.1) is 22.0 Å². The van der Waals surface area contributed by atoms with Crippen molar-refractivity contribution in [1.29, 1.82) is 0 Å². The molecule has 1 heterocycles. The molecule has 8 heteroatoms. The Labute approximate surface area is 91.3 Å². The predicted octanol–water partition coefficient (Wildman–Crippen LogP) is -0.804. The van der Waals surface area contributed by atoms with E-state index in [0.29, 0.717) is 24.7 Å². The normalized spacial score (nSPS) is 10.2. The second kappa shape index (κ2) is 7.18. The number of carbonyl (C=O) groups excluding carboxylic acids is 1. The first-order valence-electron chi connectivity index (χ1n) is 4.38. The molecule has 0 bridgehead atoms. The molecule has 0 aliphatic rings. The second-order valence-corrected chi connectivity index (χ2v) is 3.76. The Bertz CT molecular complexity index is 279. The maximum Gasteiger partial charge on any atom is 0.230 e. The predicted molar refractivity (Wildman–Crippen MR) is 55.2 cm³/mol. The molecule has 84 valence electrons. The van der Waals surface area contributed by atoms with Gasteiger partial charge in [0.1, 0.15) is 0 Å². The van der Waals surface area contributed by atoms with E-state index in [2.05, 4.69) is 25.9 Å². The van der Waals surface area contributed by atoms with Gasteiger partial charge in [0.25, 0.3) is 0 Å². The number of amides is 1. The molecule has 0 saturated heterocycles. The summed E-state index contributed by atoms with van der Waals surface area (Å²) >= 11 is 1.52. The molecule has 1 aromatic heterocycles. The molecule has 0 atom stereocenters. The number of tetrazole rings is 1. The van der Waals surface area contributed by atoms with Crippen LogP contribution in [0.2, 0.25) is 0 Å². The van der Waals surface area contributed by atoms with Gasteiger partial charge in [0, 0.05) is 12.9 Å². The van der Waals surface area contributed by atoms with Gasteiger partial charge in [-0.05, 0) is 0 Å². The molecule has 0 aliphatic carbocycles. The highest BCUT2D eigenvalue weighted by Crippen LogP contribution is 1.98. The molecular weight excluding hydrogens is 218 g/mol. The van der Waals surface area contributed by atoms with Crippen LogP contribution in [0, 0.1) is 0 Å². The summed E-state index contributed by atoms with van der Waals surface area (Å²) in [5.41, 5.74) is 0. The number of aromatic amines is 1. The number of ether oxygens (including phenoxy) is 1. The van der Waals surface area contributed by atoms with Crippen molar-refractivity contribution in [3.63, 3.8) is 0 Å². The Balaban J connectivity index is 2.04. The van der Waals surface area contributed by atoms with Crippen molar-refractivity contribution in [2.75, 3.05) is 25.2 Å². The maximum absolute atomic E-state index is 11.2. The minimum absolute atomic E-state index is 0.0408. The zero-order valence-corrected chi connectivity index (χ0v) is 9.21. The number of hydrogen-bond acceptors (Lipinski definition) is 6. The number of aromatic nitrogens is 4. The van der Waals surface area contributed by atoms with Crippen molar-refractivity contribution in [3.05, 3.63) is 5.82 Å². The summed E-state index contributed by atoms with van der Waals surface area (Å²) in [6, 6.07) is 0. The summed E-state index contributed by atoms with van der Waals surface area (Å²) in [7, 11) is 1.64. The molecule has 2 N–H and O–H groups in total. The fraction of sp³-hybridized carbons (Fsp3) is 0.714. The van der Waals surface area contributed by atoms with Crippen LogP contribution in [0.25, 0.3) is 0 Å². The molecule has 0 unspecified atom stereocenters. The van der Waals surface area contributed by atoms with Crippen LogP contribution in [0.15, 0.2) is 0 Å². The monoisotopic (exact) mass is 231 g/mol. The highest BCUT2D eigenvalue weighted by Gasteiger charge is 2.03. The standard InChI is InChI=1S/C7H13N5O2S/c1-14-2-3-15-5-7(13)8-4-6-9-11-12-10-6/h2-5H2,1H3,(H,8,13)(H,9,10,11,12). The molecule has 0 saturated carbocycles. The van der Waals surface area contributed by atoms with Crippen LogP contribution in [0.5, 0.6) is 0 Å². The van der Waals surface area contributed by atoms with E-state index in [1.165, 1.54) is 11.8 Å². The SMILES string of the molecule is COCCSCC(=O)NCc1nn[nH]n1. The van der Waals surface area contributed by atoms with Crippen molar-refractivity contribution in [2.24, 2.45) is 0 Å². The number of H-pyrrole nitrogens is 1. The minimum atomic E-state index is -0.0408. The van der Waals surface area contributed by atoms with Crippen LogP contribution in [-0.4, -0.2) is 51.8 Å². The highest BCUT2D eigenvalue weighted by atomic mass is 32.2. The van der Waals surface area contributed by atoms with E-state index >= 15 is 0 Å². The molecule has 0 aromatic carbocycles. The van der Waals surface area contributed by atoms with Gasteiger partial charge >= 0.3 is 0 Å². The van der Waals surface area contributed by atoms with Gasteiger partial charge < -0.3 is 10.1 Å². The molecule has 7 nitrogen and oxygen atoms in total. The van der Waals surface area contributed by atoms with Crippen LogP contribution in [0.1, 0.15) is 5.82 Å². The summed E-state index contributed by atoms with van der Waals surface area (Å²) in [4.78, 5) is 11.2. The van der Waals surface area contributed by atoms with Crippen molar-refractivity contribution in [3.8, 4) is 0 Å². The van der Waals surface area contributed by atoms with Crippen molar-refractivity contribution >= 4 is 17.7 Å². The van der Waals surface area contributed by atoms with Gasteiger partial charge in [-0.3, -0.25) is 4.79 Å². The maximum atomic E-state index is 11.2. The number of thioether (sulfide) groups is 1. The van der Waals surface area contributed by atoms with Gasteiger partial charge in [0.05, 0.1) is 18.9 Å². The minimum Gasteiger partial charge on any atom is -0.384 e. The largest absolute Gasteiger partial charge is 0.384 e. The Morgan fingerprint density at radius 2 is 2.53 bits per heavy atom. The summed E-state index contributed by atoms with van der Waals surface area (Å²) < 4.78 is 4.86. The van der Waals surface area contributed by atoms with Gasteiger partial charge in [-0.2, -0.15) is 5.21 Å². The molecule has 0 aliphatic heterocycles. The molecule has 0 fully saturated rings. The molecule has 0 radical (unpaired) electrons. The average molecular weight is 231 g/mol. The lowest BCUT2D eigenvalue weighted by molar-refractivity contribution is -0.118. The second-order valence-electron chi connectivity index (χ2n) is 2.65. The third kappa shape index (κ3) is 5.33. The molecular formula is C7H13N5O2S. The first kappa shape index (κ1) is 11.9. The number of carbonyl (C=O) groups is 1. The van der Waals surface area contributed by atoms with E-state index in [9.17, 15) is 4.79 Å². The van der Waals surface area contributed by atoms with Crippen LogP contribution >= 0.6 is 11.8 Å². The Hall–Kier alpha value is -1.15. The quantitative estimate of drug-likeness (QED) is 0.596. The van der Waals surface area contributed by atoms with E-state index in [0.717, 1.165) is 5.75 Å². The molecule has 1 aromatic rings. The summed E-state index contributed by atoms with van der Waals surface area (Å²) in [6.45, 7) is 0.961. The third-order valence-corrected chi connectivity index (χ3v) is 2.42. The van der Waals surface area contributed by atoms with Gasteiger partial charge in [-0.25, -0.2) is 0 Å². The van der Waals surface area contributed by atoms with Crippen LogP contribution in [0.4, 0.5) is 0 Å². The topological polar surface area (TPSA) is 92.8 Å². The van der Waals surface area contributed by atoms with Crippen molar-refractivity contribution in [2.45, 2.75) is 6.54 Å². The van der Waals surface area contributed by atoms with Crippen LogP contribution in [0.3, 0.4) is 0 Å². The van der Waals surface area contributed by atoms with Crippen molar-refractivity contribution < 1.29 is 9.53 Å². The Morgan fingerprint density at radius 1 is 1.67 bits per heavy atom. The van der Waals surface area contributed by atoms with Gasteiger partial charge in [0.2, 0.25) is 5.91 Å². The lowest BCUT2D eigenvalue weighted by Gasteiger charge is -2.01. The first-order chi connectivity index (χ1) is 7.33. The number of nitrogens with one attached hydrogen (secondary N) is 2. The van der Waals surface area contributed by atoms with E-state index in [-0.39, 0.29) is 5.91 Å². The molecule has 1 rings (SSSR count). The lowest BCUT2D eigenvalue weighted by Crippen LogP contribution is -2.25. The van der Waals surface area contributed by atoms with Crippen LogP contribution in [-0.2, 0) is 16.1 Å². The van der Waals surface area contributed by atoms with Crippen molar-refractivity contribution in [1.82, 2.24) is 25.9 Å². The van der Waals surface area contributed by atoms with E-state index < -0.39 is 0 Å². The summed E-state index contributed by atoms with van der Waals surface area (Å²) in [6.07, 6.45) is 0. The number of methoxy groups -OCH3 is 1. The van der Waals surface area contributed by atoms with Gasteiger partial charge in [-0.1, -0.05) is 5.21 Å². The van der Waals surface area contributed by atoms with Crippen LogP contribution < -0.4 is 5.32 Å². The Morgan fingerprint density at radius 3 is 3.20 bits per heavy atom. The van der Waals surface area contributed by atoms with E-state index in [1.807, 2.05) is 0 Å². The van der Waals surface area contributed by atoms with E-state index in [1.54, 1.807) is 7.11 Å². The highest BCUT2D eigenvalue weighted by molar-refractivity contribution is 7.99. The fourth-order valence-electron chi connectivity index (χ4n) is 0.793. The van der Waals surface area contributed by atoms with E-state index in [4.69, 9.17) is 4.74 Å². The summed E-state index contributed by atoms with van der Waals surface area (Å²) in [5.74, 6) is 1.67. The zero-order chi connectivity index (χ0) is 10.9.